The van der Waals surface area contributed by atoms with Crippen molar-refractivity contribution in [1.82, 2.24) is 19.4 Å². The van der Waals surface area contributed by atoms with Gasteiger partial charge in [0.25, 0.3) is 5.91 Å². The number of fused-ring (bicyclic) bond motifs is 1. The summed E-state index contributed by atoms with van der Waals surface area (Å²) in [6.07, 6.45) is 9.26. The van der Waals surface area contributed by atoms with Crippen LogP contribution in [0.15, 0.2) is 49.3 Å². The SMILES string of the molecule is C=C(Nc1nc2cc(C(=O)N(C)C3CCCCC3)ccc2n1CCC(N)=O)c1cccnc1. The fraction of sp³-hybridized carbons (Fsp3) is 0.360. The van der Waals surface area contributed by atoms with E-state index in [1.54, 1.807) is 12.4 Å². The molecule has 3 N–H and O–H groups in total. The molecule has 1 saturated carbocycles. The van der Waals surface area contributed by atoms with Crippen LogP contribution in [-0.4, -0.2) is 44.3 Å². The quantitative estimate of drug-likeness (QED) is 0.547. The minimum Gasteiger partial charge on any atom is -0.370 e. The van der Waals surface area contributed by atoms with Crippen LogP contribution in [0.3, 0.4) is 0 Å². The Hall–Kier alpha value is -3.68. The lowest BCUT2D eigenvalue weighted by Crippen LogP contribution is -2.38. The molecule has 0 saturated heterocycles. The molecule has 2 aromatic heterocycles. The van der Waals surface area contributed by atoms with E-state index in [9.17, 15) is 9.59 Å². The minimum absolute atomic E-state index is 0.00441. The Balaban J connectivity index is 1.64. The zero-order chi connectivity index (χ0) is 23.4. The van der Waals surface area contributed by atoms with Gasteiger partial charge in [-0.25, -0.2) is 4.98 Å². The fourth-order valence-corrected chi connectivity index (χ4v) is 4.39. The summed E-state index contributed by atoms with van der Waals surface area (Å²) in [5.74, 6) is 0.143. The largest absolute Gasteiger partial charge is 0.370 e. The Morgan fingerprint density at radius 2 is 2.00 bits per heavy atom. The molecule has 0 bridgehead atoms. The Morgan fingerprint density at radius 1 is 1.21 bits per heavy atom. The van der Waals surface area contributed by atoms with Crippen molar-refractivity contribution in [3.8, 4) is 0 Å². The number of nitrogens with two attached hydrogens (primary N) is 1. The minimum atomic E-state index is -0.394. The molecule has 1 aromatic carbocycles. The number of benzene rings is 1. The van der Waals surface area contributed by atoms with E-state index in [1.165, 1.54) is 19.3 Å². The van der Waals surface area contributed by atoms with E-state index >= 15 is 0 Å². The smallest absolute Gasteiger partial charge is 0.253 e. The first kappa shape index (κ1) is 22.5. The molecule has 4 rings (SSSR count). The van der Waals surface area contributed by atoms with Gasteiger partial charge >= 0.3 is 0 Å². The second kappa shape index (κ2) is 9.85. The molecular formula is C25H30N6O2. The highest BCUT2D eigenvalue weighted by Gasteiger charge is 2.24. The maximum atomic E-state index is 13.2. The van der Waals surface area contributed by atoms with Gasteiger partial charge in [0.05, 0.1) is 11.0 Å². The Kier molecular flexibility index (Phi) is 6.72. The molecule has 172 valence electrons. The molecule has 8 heteroatoms. The average molecular weight is 447 g/mol. The van der Waals surface area contributed by atoms with Crippen LogP contribution >= 0.6 is 0 Å². The number of hydrogen-bond acceptors (Lipinski definition) is 5. The van der Waals surface area contributed by atoms with Gasteiger partial charge in [0, 0.05) is 55.3 Å². The maximum Gasteiger partial charge on any atom is 0.253 e. The number of rotatable bonds is 8. The van der Waals surface area contributed by atoms with Crippen molar-refractivity contribution in [2.24, 2.45) is 5.73 Å². The number of nitrogens with zero attached hydrogens (tertiary/aromatic N) is 4. The Morgan fingerprint density at radius 3 is 2.70 bits per heavy atom. The molecule has 0 aliphatic heterocycles. The van der Waals surface area contributed by atoms with E-state index in [4.69, 9.17) is 10.7 Å². The fourth-order valence-electron chi connectivity index (χ4n) is 4.39. The van der Waals surface area contributed by atoms with E-state index in [2.05, 4.69) is 16.9 Å². The molecule has 2 amide bonds. The molecule has 3 aromatic rings. The number of imidazole rings is 1. The number of anilines is 1. The van der Waals surface area contributed by atoms with Gasteiger partial charge in [0.2, 0.25) is 11.9 Å². The summed E-state index contributed by atoms with van der Waals surface area (Å²) >= 11 is 0. The van der Waals surface area contributed by atoms with E-state index in [0.29, 0.717) is 29.3 Å². The summed E-state index contributed by atoms with van der Waals surface area (Å²) in [4.78, 5) is 35.3. The highest BCUT2D eigenvalue weighted by Crippen LogP contribution is 2.26. The van der Waals surface area contributed by atoms with Crippen molar-refractivity contribution in [1.29, 1.82) is 0 Å². The number of primary amides is 1. The molecule has 0 spiro atoms. The normalized spacial score (nSPS) is 14.2. The summed E-state index contributed by atoms with van der Waals surface area (Å²) < 4.78 is 1.89. The predicted octanol–water partition coefficient (Wildman–Crippen LogP) is 3.79. The van der Waals surface area contributed by atoms with Crippen LogP contribution in [0.1, 0.15) is 54.4 Å². The standard InChI is InChI=1S/C25H30N6O2/c1-17(19-7-6-13-27-16-19)28-25-29-21-15-18(10-11-22(21)31(25)14-12-23(26)32)24(33)30(2)20-8-4-3-5-9-20/h6-7,10-11,13,15-16,20H,1,3-5,8-9,12,14H2,2H3,(H2,26,32)(H,28,29). The summed E-state index contributed by atoms with van der Waals surface area (Å²) in [5.41, 5.74) is 8.94. The third kappa shape index (κ3) is 5.05. The Bertz CT molecular complexity index is 1160. The van der Waals surface area contributed by atoms with Crippen LogP contribution in [0.4, 0.5) is 5.95 Å². The molecule has 2 heterocycles. The first-order chi connectivity index (χ1) is 15.9. The van der Waals surface area contributed by atoms with Crippen LogP contribution in [0.2, 0.25) is 0 Å². The number of aromatic nitrogens is 3. The molecule has 0 unspecified atom stereocenters. The van der Waals surface area contributed by atoms with E-state index in [-0.39, 0.29) is 18.4 Å². The highest BCUT2D eigenvalue weighted by molar-refractivity contribution is 5.98. The molecule has 1 aliphatic rings. The van der Waals surface area contributed by atoms with Crippen LogP contribution in [0.5, 0.6) is 0 Å². The monoisotopic (exact) mass is 446 g/mol. The maximum absolute atomic E-state index is 13.2. The second-order valence-corrected chi connectivity index (χ2v) is 8.56. The number of aryl methyl sites for hydroxylation is 1. The number of amides is 2. The van der Waals surface area contributed by atoms with Crippen LogP contribution in [0.25, 0.3) is 16.7 Å². The van der Waals surface area contributed by atoms with E-state index < -0.39 is 5.91 Å². The first-order valence-electron chi connectivity index (χ1n) is 11.4. The van der Waals surface area contributed by atoms with Crippen molar-refractivity contribution in [3.05, 3.63) is 60.4 Å². The third-order valence-corrected chi connectivity index (χ3v) is 6.29. The zero-order valence-electron chi connectivity index (χ0n) is 19.0. The number of nitrogens with one attached hydrogen (secondary N) is 1. The molecule has 33 heavy (non-hydrogen) atoms. The van der Waals surface area contributed by atoms with Gasteiger partial charge in [0.1, 0.15) is 0 Å². The molecule has 8 nitrogen and oxygen atoms in total. The molecule has 1 fully saturated rings. The van der Waals surface area contributed by atoms with Crippen LogP contribution < -0.4 is 11.1 Å². The summed E-state index contributed by atoms with van der Waals surface area (Å²) in [7, 11) is 1.89. The lowest BCUT2D eigenvalue weighted by Gasteiger charge is -2.31. The predicted molar refractivity (Wildman–Crippen MR) is 129 cm³/mol. The van der Waals surface area contributed by atoms with Gasteiger partial charge in [-0.2, -0.15) is 0 Å². The van der Waals surface area contributed by atoms with Crippen molar-refractivity contribution in [3.63, 3.8) is 0 Å². The number of pyridine rings is 1. The number of hydrogen-bond donors (Lipinski definition) is 2. The van der Waals surface area contributed by atoms with E-state index in [1.807, 2.05) is 46.8 Å². The van der Waals surface area contributed by atoms with Crippen LogP contribution in [-0.2, 0) is 11.3 Å². The summed E-state index contributed by atoms with van der Waals surface area (Å²) in [5, 5.41) is 3.23. The Labute approximate surface area is 193 Å². The van der Waals surface area contributed by atoms with Gasteiger partial charge < -0.3 is 20.5 Å². The topological polar surface area (TPSA) is 106 Å². The van der Waals surface area contributed by atoms with Gasteiger partial charge in [-0.05, 0) is 43.2 Å². The molecule has 0 radical (unpaired) electrons. The lowest BCUT2D eigenvalue weighted by atomic mass is 9.94. The third-order valence-electron chi connectivity index (χ3n) is 6.29. The number of carbonyl (C=O) groups excluding carboxylic acids is 2. The molecular weight excluding hydrogens is 416 g/mol. The first-order valence-corrected chi connectivity index (χ1v) is 11.4. The van der Waals surface area contributed by atoms with Gasteiger partial charge in [-0.1, -0.05) is 25.8 Å². The second-order valence-electron chi connectivity index (χ2n) is 8.56. The van der Waals surface area contributed by atoms with Crippen molar-refractivity contribution >= 4 is 34.5 Å². The highest BCUT2D eigenvalue weighted by atomic mass is 16.2. The van der Waals surface area contributed by atoms with Crippen molar-refractivity contribution < 1.29 is 9.59 Å². The van der Waals surface area contributed by atoms with Gasteiger partial charge in [-0.15, -0.1) is 0 Å². The van der Waals surface area contributed by atoms with Crippen molar-refractivity contribution in [2.45, 2.75) is 51.1 Å². The van der Waals surface area contributed by atoms with Gasteiger partial charge in [0.15, 0.2) is 0 Å². The zero-order valence-corrected chi connectivity index (χ0v) is 19.0. The van der Waals surface area contributed by atoms with Crippen molar-refractivity contribution in [2.75, 3.05) is 12.4 Å². The summed E-state index contributed by atoms with van der Waals surface area (Å²) in [6.45, 7) is 4.46. The average Bonchev–Trinajstić information content (AvgIpc) is 3.18. The van der Waals surface area contributed by atoms with Crippen LogP contribution in [0, 0.1) is 0 Å². The number of carbonyl (C=O) groups is 2. The van der Waals surface area contributed by atoms with Gasteiger partial charge in [-0.3, -0.25) is 14.6 Å². The van der Waals surface area contributed by atoms with E-state index in [0.717, 1.165) is 23.9 Å². The molecule has 0 atom stereocenters. The summed E-state index contributed by atoms with van der Waals surface area (Å²) in [6, 6.07) is 9.54. The lowest BCUT2D eigenvalue weighted by molar-refractivity contribution is -0.118. The molecule has 1 aliphatic carbocycles.